The lowest BCUT2D eigenvalue weighted by Crippen LogP contribution is -2.48. The van der Waals surface area contributed by atoms with Gasteiger partial charge in [-0.05, 0) is 38.0 Å². The van der Waals surface area contributed by atoms with E-state index in [1.807, 2.05) is 23.8 Å². The van der Waals surface area contributed by atoms with E-state index in [1.165, 1.54) is 24.2 Å². The highest BCUT2D eigenvalue weighted by molar-refractivity contribution is 5.77. The smallest absolute Gasteiger partial charge is 0.154 e. The van der Waals surface area contributed by atoms with Crippen molar-refractivity contribution in [3.8, 4) is 0 Å². The van der Waals surface area contributed by atoms with Crippen molar-refractivity contribution in [2.45, 2.75) is 31.7 Å². The Morgan fingerprint density at radius 3 is 2.77 bits per heavy atom. The largest absolute Gasteiger partial charge is 0.351 e. The maximum absolute atomic E-state index is 4.94. The summed E-state index contributed by atoms with van der Waals surface area (Å²) in [4.78, 5) is 11.9. The molecule has 1 saturated carbocycles. The molecule has 0 unspecified atom stereocenters. The van der Waals surface area contributed by atoms with Gasteiger partial charge in [-0.25, -0.2) is 14.5 Å². The van der Waals surface area contributed by atoms with E-state index in [9.17, 15) is 0 Å². The second-order valence-corrected chi connectivity index (χ2v) is 7.53. The van der Waals surface area contributed by atoms with Crippen molar-refractivity contribution in [3.63, 3.8) is 0 Å². The van der Waals surface area contributed by atoms with Crippen molar-refractivity contribution in [2.75, 3.05) is 18.0 Å². The van der Waals surface area contributed by atoms with E-state index in [-0.39, 0.29) is 0 Å². The number of aromatic nitrogens is 5. The van der Waals surface area contributed by atoms with Crippen LogP contribution in [0.3, 0.4) is 0 Å². The zero-order valence-corrected chi connectivity index (χ0v) is 14.7. The third-order valence-corrected chi connectivity index (χ3v) is 5.58. The maximum Gasteiger partial charge on any atom is 0.154 e. The van der Waals surface area contributed by atoms with E-state index < -0.39 is 0 Å². The van der Waals surface area contributed by atoms with E-state index in [0.717, 1.165) is 35.6 Å². The maximum atomic E-state index is 4.94. The average Bonchev–Trinajstić information content (AvgIpc) is 3.27. The summed E-state index contributed by atoms with van der Waals surface area (Å²) >= 11 is 0. The van der Waals surface area contributed by atoms with Crippen LogP contribution in [0.5, 0.6) is 0 Å². The molecular formula is C20H20N6. The van der Waals surface area contributed by atoms with E-state index in [4.69, 9.17) is 4.98 Å². The van der Waals surface area contributed by atoms with Crippen LogP contribution in [0.2, 0.25) is 0 Å². The molecule has 0 spiro atoms. The van der Waals surface area contributed by atoms with Crippen LogP contribution in [0.1, 0.15) is 36.3 Å². The van der Waals surface area contributed by atoms with Gasteiger partial charge in [0.2, 0.25) is 0 Å². The van der Waals surface area contributed by atoms with Crippen LogP contribution in [-0.2, 0) is 0 Å². The van der Waals surface area contributed by atoms with Crippen molar-refractivity contribution in [1.82, 2.24) is 24.1 Å². The number of anilines is 1. The molecule has 1 aliphatic heterocycles. The lowest BCUT2D eigenvalue weighted by Gasteiger charge is -2.41. The number of aryl methyl sites for hydroxylation is 1. The van der Waals surface area contributed by atoms with Gasteiger partial charge in [0.15, 0.2) is 5.82 Å². The van der Waals surface area contributed by atoms with Crippen LogP contribution < -0.4 is 4.90 Å². The van der Waals surface area contributed by atoms with Crippen molar-refractivity contribution >= 4 is 22.4 Å². The lowest BCUT2D eigenvalue weighted by molar-refractivity contribution is 0.395. The molecule has 4 aromatic rings. The predicted octanol–water partition coefficient (Wildman–Crippen LogP) is 3.33. The summed E-state index contributed by atoms with van der Waals surface area (Å²) in [5.74, 6) is 2.96. The Bertz CT molecular complexity index is 1130. The first-order valence-electron chi connectivity index (χ1n) is 9.31. The number of rotatable bonds is 3. The molecule has 2 fully saturated rings. The molecule has 6 rings (SSSR count). The fraction of sp³-hybridized carbons (Fsp3) is 0.350. The number of imidazole rings is 1. The zero-order chi connectivity index (χ0) is 17.3. The lowest BCUT2D eigenvalue weighted by atomic mass is 10.1. The van der Waals surface area contributed by atoms with Crippen LogP contribution in [0.15, 0.2) is 42.7 Å². The number of fused-ring (bicyclic) bond motifs is 2. The Morgan fingerprint density at radius 1 is 1.08 bits per heavy atom. The summed E-state index contributed by atoms with van der Waals surface area (Å²) in [5.41, 5.74) is 4.50. The molecule has 3 aromatic heterocycles. The molecule has 1 aromatic carbocycles. The molecule has 6 heteroatoms. The van der Waals surface area contributed by atoms with Crippen molar-refractivity contribution < 1.29 is 0 Å². The van der Waals surface area contributed by atoms with Gasteiger partial charge >= 0.3 is 0 Å². The standard InChI is InChI=1S/C20H20N6/c1-13-10-18-20(21-8-9-25(18)23-13)24-11-15(12-24)26-17-5-3-2-4-16(17)22-19(26)14-6-7-14/h2-5,8-10,14-15H,6-7,11-12H2,1H3. The van der Waals surface area contributed by atoms with Crippen LogP contribution in [0.25, 0.3) is 16.6 Å². The minimum atomic E-state index is 0.462. The number of hydrogen-bond acceptors (Lipinski definition) is 4. The number of benzene rings is 1. The molecule has 0 amide bonds. The zero-order valence-electron chi connectivity index (χ0n) is 14.7. The molecule has 6 nitrogen and oxygen atoms in total. The molecule has 0 atom stereocenters. The third kappa shape index (κ3) is 2.01. The van der Waals surface area contributed by atoms with Gasteiger partial charge in [0, 0.05) is 31.4 Å². The number of nitrogens with zero attached hydrogens (tertiary/aromatic N) is 6. The van der Waals surface area contributed by atoms with Gasteiger partial charge in [0.05, 0.1) is 22.8 Å². The van der Waals surface area contributed by atoms with Gasteiger partial charge in [-0.1, -0.05) is 12.1 Å². The van der Waals surface area contributed by atoms with E-state index in [2.05, 4.69) is 49.9 Å². The second-order valence-electron chi connectivity index (χ2n) is 7.53. The van der Waals surface area contributed by atoms with E-state index in [1.54, 1.807) is 0 Å². The Morgan fingerprint density at radius 2 is 1.92 bits per heavy atom. The summed E-state index contributed by atoms with van der Waals surface area (Å²) in [5, 5.41) is 4.50. The van der Waals surface area contributed by atoms with Crippen molar-refractivity contribution in [3.05, 3.63) is 54.2 Å². The van der Waals surface area contributed by atoms with Gasteiger partial charge in [0.25, 0.3) is 0 Å². The minimum Gasteiger partial charge on any atom is -0.351 e. The fourth-order valence-corrected chi connectivity index (χ4v) is 4.14. The molecule has 1 saturated heterocycles. The molecule has 0 radical (unpaired) electrons. The Hall–Kier alpha value is -2.89. The molecule has 4 heterocycles. The van der Waals surface area contributed by atoms with Crippen LogP contribution >= 0.6 is 0 Å². The molecule has 0 bridgehead atoms. The monoisotopic (exact) mass is 344 g/mol. The van der Waals surface area contributed by atoms with Crippen LogP contribution in [0, 0.1) is 6.92 Å². The molecular weight excluding hydrogens is 324 g/mol. The number of para-hydroxylation sites is 2. The minimum absolute atomic E-state index is 0.462. The summed E-state index contributed by atoms with van der Waals surface area (Å²) in [6, 6.07) is 11.1. The SMILES string of the molecule is Cc1cc2c(N3CC(n4c(C5CC5)nc5ccccc54)C3)nccn2n1. The molecule has 1 aliphatic carbocycles. The quantitative estimate of drug-likeness (QED) is 0.572. The second kappa shape index (κ2) is 5.06. The highest BCUT2D eigenvalue weighted by Crippen LogP contribution is 2.43. The first-order chi connectivity index (χ1) is 12.8. The molecule has 26 heavy (non-hydrogen) atoms. The Balaban J connectivity index is 1.36. The van der Waals surface area contributed by atoms with Gasteiger partial charge in [-0.15, -0.1) is 0 Å². The summed E-state index contributed by atoms with van der Waals surface area (Å²) in [7, 11) is 0. The average molecular weight is 344 g/mol. The van der Waals surface area contributed by atoms with Crippen LogP contribution in [0.4, 0.5) is 5.82 Å². The summed E-state index contributed by atoms with van der Waals surface area (Å²) in [6.07, 6.45) is 6.30. The van der Waals surface area contributed by atoms with Gasteiger partial charge in [0.1, 0.15) is 11.3 Å². The summed E-state index contributed by atoms with van der Waals surface area (Å²) < 4.78 is 4.42. The van der Waals surface area contributed by atoms with E-state index >= 15 is 0 Å². The Kier molecular flexibility index (Phi) is 2.78. The van der Waals surface area contributed by atoms with Crippen LogP contribution in [-0.4, -0.2) is 37.2 Å². The molecule has 0 N–H and O–H groups in total. The number of hydrogen-bond donors (Lipinski definition) is 0. The first-order valence-corrected chi connectivity index (χ1v) is 9.31. The van der Waals surface area contributed by atoms with Crippen molar-refractivity contribution in [2.24, 2.45) is 0 Å². The normalized spacial score (nSPS) is 18.0. The van der Waals surface area contributed by atoms with Gasteiger partial charge in [-0.2, -0.15) is 5.10 Å². The Labute approximate surface area is 151 Å². The fourth-order valence-electron chi connectivity index (χ4n) is 4.14. The van der Waals surface area contributed by atoms with Crippen molar-refractivity contribution in [1.29, 1.82) is 0 Å². The predicted molar refractivity (Wildman–Crippen MR) is 101 cm³/mol. The topological polar surface area (TPSA) is 51.2 Å². The van der Waals surface area contributed by atoms with Gasteiger partial charge in [-0.3, -0.25) is 0 Å². The van der Waals surface area contributed by atoms with E-state index in [0.29, 0.717) is 12.0 Å². The summed E-state index contributed by atoms with van der Waals surface area (Å²) in [6.45, 7) is 3.96. The molecule has 130 valence electrons. The van der Waals surface area contributed by atoms with Gasteiger partial charge < -0.3 is 9.47 Å². The highest BCUT2D eigenvalue weighted by atomic mass is 15.3. The highest BCUT2D eigenvalue weighted by Gasteiger charge is 2.37. The molecule has 2 aliphatic rings. The first kappa shape index (κ1) is 14.3. The third-order valence-electron chi connectivity index (χ3n) is 5.58.